The summed E-state index contributed by atoms with van der Waals surface area (Å²) in [6.07, 6.45) is -5.30. The van der Waals surface area contributed by atoms with Crippen molar-refractivity contribution in [3.8, 4) is 5.75 Å². The predicted octanol–water partition coefficient (Wildman–Crippen LogP) is 4.07. The van der Waals surface area contributed by atoms with Crippen LogP contribution in [-0.4, -0.2) is 35.8 Å². The Bertz CT molecular complexity index is 701. The minimum Gasteiger partial charge on any atom is -0.484 e. The second-order valence-corrected chi connectivity index (χ2v) is 6.96. The van der Waals surface area contributed by atoms with Gasteiger partial charge in [-0.15, -0.1) is 4.91 Å². The molecule has 2 rings (SSSR count). The van der Waals surface area contributed by atoms with Gasteiger partial charge in [-0.1, -0.05) is 0 Å². The fraction of sp³-hybridized carbons (Fsp3) is 0.562. The Kier molecular flexibility index (Phi) is 5.33. The zero-order valence-corrected chi connectivity index (χ0v) is 14.6. The highest BCUT2D eigenvalue weighted by atomic mass is 19.4. The van der Waals surface area contributed by atoms with Gasteiger partial charge in [-0.05, 0) is 38.1 Å². The number of likely N-dealkylation sites (tertiary alicyclic amines) is 1. The standard InChI is InChI=1S/C16H20F3N3O4/c1-15(2,3)26-14(23)22-5-4-10(8-22)25-13-11(20)6-9(16(17,18)19)7-12(13)21-24/h6-7,10H,4-5,8,20H2,1-3H3/t10-/m1/s1. The maximum Gasteiger partial charge on any atom is 0.416 e. The summed E-state index contributed by atoms with van der Waals surface area (Å²) in [7, 11) is 0. The molecule has 1 aliphatic heterocycles. The lowest BCUT2D eigenvalue weighted by Gasteiger charge is -2.24. The van der Waals surface area contributed by atoms with E-state index < -0.39 is 35.2 Å². The van der Waals surface area contributed by atoms with Gasteiger partial charge in [0, 0.05) is 13.0 Å². The molecule has 1 aromatic rings. The molecule has 1 amide bonds. The highest BCUT2D eigenvalue weighted by Gasteiger charge is 2.35. The van der Waals surface area contributed by atoms with Crippen molar-refractivity contribution in [1.82, 2.24) is 4.90 Å². The molecular formula is C16H20F3N3O4. The summed E-state index contributed by atoms with van der Waals surface area (Å²) in [5, 5.41) is 2.59. The largest absolute Gasteiger partial charge is 0.484 e. The number of benzene rings is 1. The minimum absolute atomic E-state index is 0.160. The van der Waals surface area contributed by atoms with E-state index in [-0.39, 0.29) is 18.0 Å². The van der Waals surface area contributed by atoms with Crippen LogP contribution in [0.2, 0.25) is 0 Å². The number of amides is 1. The van der Waals surface area contributed by atoms with Gasteiger partial charge < -0.3 is 20.1 Å². The fourth-order valence-electron chi connectivity index (χ4n) is 2.48. The number of hydrogen-bond acceptors (Lipinski definition) is 6. The van der Waals surface area contributed by atoms with Gasteiger partial charge in [0.05, 0.1) is 17.8 Å². The Hall–Kier alpha value is -2.52. The highest BCUT2D eigenvalue weighted by Crippen LogP contribution is 2.41. The van der Waals surface area contributed by atoms with Crippen molar-refractivity contribution in [2.75, 3.05) is 18.8 Å². The summed E-state index contributed by atoms with van der Waals surface area (Å²) in [5.74, 6) is -0.218. The molecular weight excluding hydrogens is 355 g/mol. The van der Waals surface area contributed by atoms with E-state index in [4.69, 9.17) is 15.2 Å². The molecule has 10 heteroatoms. The average molecular weight is 375 g/mol. The second-order valence-electron chi connectivity index (χ2n) is 6.96. The Morgan fingerprint density at radius 2 is 1.96 bits per heavy atom. The van der Waals surface area contributed by atoms with Gasteiger partial charge in [0.25, 0.3) is 0 Å². The first-order valence-corrected chi connectivity index (χ1v) is 7.89. The van der Waals surface area contributed by atoms with E-state index in [1.807, 2.05) is 0 Å². The number of hydrogen-bond donors (Lipinski definition) is 1. The Balaban J connectivity index is 2.12. The van der Waals surface area contributed by atoms with Crippen molar-refractivity contribution in [1.29, 1.82) is 0 Å². The lowest BCUT2D eigenvalue weighted by Crippen LogP contribution is -2.36. The molecule has 0 bridgehead atoms. The molecule has 0 aromatic heterocycles. The van der Waals surface area contributed by atoms with E-state index >= 15 is 0 Å². The topological polar surface area (TPSA) is 94.2 Å². The van der Waals surface area contributed by atoms with Gasteiger partial charge in [0.2, 0.25) is 0 Å². The third kappa shape index (κ3) is 4.77. The lowest BCUT2D eigenvalue weighted by atomic mass is 10.1. The van der Waals surface area contributed by atoms with E-state index in [1.54, 1.807) is 20.8 Å². The van der Waals surface area contributed by atoms with Crippen LogP contribution in [0.25, 0.3) is 0 Å². The van der Waals surface area contributed by atoms with Crippen molar-refractivity contribution in [2.24, 2.45) is 5.18 Å². The summed E-state index contributed by atoms with van der Waals surface area (Å²) >= 11 is 0. The van der Waals surface area contributed by atoms with E-state index in [1.165, 1.54) is 4.90 Å². The van der Waals surface area contributed by atoms with Crippen LogP contribution in [0.5, 0.6) is 5.75 Å². The van der Waals surface area contributed by atoms with Gasteiger partial charge >= 0.3 is 12.3 Å². The van der Waals surface area contributed by atoms with Crippen LogP contribution in [0.15, 0.2) is 17.3 Å². The smallest absolute Gasteiger partial charge is 0.416 e. The van der Waals surface area contributed by atoms with Crippen LogP contribution < -0.4 is 10.5 Å². The molecule has 1 fully saturated rings. The second kappa shape index (κ2) is 7.00. The van der Waals surface area contributed by atoms with Crippen molar-refractivity contribution >= 4 is 17.5 Å². The Morgan fingerprint density at radius 3 is 2.50 bits per heavy atom. The van der Waals surface area contributed by atoms with Crippen LogP contribution in [0.4, 0.5) is 29.3 Å². The number of nitrogens with two attached hydrogens (primary N) is 1. The molecule has 0 saturated carbocycles. The van der Waals surface area contributed by atoms with Gasteiger partial charge in [-0.2, -0.15) is 13.2 Å². The summed E-state index contributed by atoms with van der Waals surface area (Å²) < 4.78 is 49.2. The van der Waals surface area contributed by atoms with Crippen LogP contribution in [0, 0.1) is 4.91 Å². The number of alkyl halides is 3. The number of halogens is 3. The SMILES string of the molecule is CC(C)(C)OC(=O)N1CC[C@@H](Oc2c(N)cc(C(F)(F)F)cc2N=O)C1. The van der Waals surface area contributed by atoms with Crippen LogP contribution in [-0.2, 0) is 10.9 Å². The summed E-state index contributed by atoms with van der Waals surface area (Å²) in [4.78, 5) is 24.4. The molecule has 1 saturated heterocycles. The average Bonchev–Trinajstić information content (AvgIpc) is 2.95. The zero-order valence-electron chi connectivity index (χ0n) is 14.6. The monoisotopic (exact) mass is 375 g/mol. The molecule has 26 heavy (non-hydrogen) atoms. The fourth-order valence-corrected chi connectivity index (χ4v) is 2.48. The van der Waals surface area contributed by atoms with Gasteiger partial charge in [0.15, 0.2) is 11.4 Å². The van der Waals surface area contributed by atoms with Crippen molar-refractivity contribution in [2.45, 2.75) is 45.1 Å². The zero-order chi connectivity index (χ0) is 19.7. The van der Waals surface area contributed by atoms with Gasteiger partial charge in [-0.3, -0.25) is 0 Å². The molecule has 0 radical (unpaired) electrons. The van der Waals surface area contributed by atoms with Crippen molar-refractivity contribution in [3.63, 3.8) is 0 Å². The summed E-state index contributed by atoms with van der Waals surface area (Å²) in [6.45, 7) is 5.72. The molecule has 1 aromatic carbocycles. The minimum atomic E-state index is -4.66. The number of nitrogens with zero attached hydrogens (tertiary/aromatic N) is 2. The van der Waals surface area contributed by atoms with E-state index in [0.717, 1.165) is 0 Å². The van der Waals surface area contributed by atoms with Crippen molar-refractivity contribution in [3.05, 3.63) is 22.6 Å². The molecule has 1 aliphatic rings. The number of rotatable bonds is 3. The number of carbonyl (C=O) groups excluding carboxylic acids is 1. The van der Waals surface area contributed by atoms with Crippen molar-refractivity contribution < 1.29 is 27.4 Å². The molecule has 1 atom stereocenters. The first kappa shape index (κ1) is 19.8. The molecule has 144 valence electrons. The summed E-state index contributed by atoms with van der Waals surface area (Å²) in [6, 6.07) is 1.27. The first-order chi connectivity index (χ1) is 11.9. The van der Waals surface area contributed by atoms with Crippen LogP contribution >= 0.6 is 0 Å². The number of ether oxygens (including phenoxy) is 2. The molecule has 0 aliphatic carbocycles. The summed E-state index contributed by atoms with van der Waals surface area (Å²) in [5.41, 5.74) is 3.01. The number of nitrogen functional groups attached to an aromatic ring is 1. The molecule has 0 spiro atoms. The Labute approximate surface area is 148 Å². The number of nitroso groups, excluding NO2 is 1. The lowest BCUT2D eigenvalue weighted by molar-refractivity contribution is -0.137. The molecule has 0 unspecified atom stereocenters. The number of anilines is 1. The maximum absolute atomic E-state index is 12.8. The van der Waals surface area contributed by atoms with E-state index in [0.29, 0.717) is 25.1 Å². The maximum atomic E-state index is 12.8. The van der Waals surface area contributed by atoms with E-state index in [2.05, 4.69) is 5.18 Å². The molecule has 1 heterocycles. The Morgan fingerprint density at radius 1 is 1.31 bits per heavy atom. The third-order valence-corrected chi connectivity index (χ3v) is 3.60. The van der Waals surface area contributed by atoms with Crippen LogP contribution in [0.1, 0.15) is 32.8 Å². The van der Waals surface area contributed by atoms with Crippen LogP contribution in [0.3, 0.4) is 0 Å². The molecule has 2 N–H and O–H groups in total. The number of carbonyl (C=O) groups is 1. The first-order valence-electron chi connectivity index (χ1n) is 7.89. The van der Waals surface area contributed by atoms with Gasteiger partial charge in [0.1, 0.15) is 11.7 Å². The molecule has 7 nitrogen and oxygen atoms in total. The quantitative estimate of drug-likeness (QED) is 0.635. The normalized spacial score (nSPS) is 17.9. The van der Waals surface area contributed by atoms with E-state index in [9.17, 15) is 22.9 Å². The third-order valence-electron chi connectivity index (χ3n) is 3.60. The predicted molar refractivity (Wildman–Crippen MR) is 88.2 cm³/mol. The van der Waals surface area contributed by atoms with Gasteiger partial charge in [-0.25, -0.2) is 4.79 Å². The highest BCUT2D eigenvalue weighted by molar-refractivity contribution is 5.70.